The van der Waals surface area contributed by atoms with E-state index in [2.05, 4.69) is 5.32 Å². The third-order valence-corrected chi connectivity index (χ3v) is 1.90. The third kappa shape index (κ3) is 3.67. The molecule has 0 radical (unpaired) electrons. The summed E-state index contributed by atoms with van der Waals surface area (Å²) < 4.78 is 0. The first-order chi connectivity index (χ1) is 7.24. The van der Waals surface area contributed by atoms with Crippen LogP contribution < -0.4 is 5.32 Å². The van der Waals surface area contributed by atoms with Gasteiger partial charge in [0.2, 0.25) is 0 Å². The third-order valence-electron chi connectivity index (χ3n) is 1.90. The largest absolute Gasteiger partial charge is 0.465 e. The van der Waals surface area contributed by atoms with Gasteiger partial charge in [-0.15, -0.1) is 0 Å². The average molecular weight is 205 g/mol. The molecular weight excluding hydrogens is 194 g/mol. The van der Waals surface area contributed by atoms with Gasteiger partial charge >= 0.3 is 6.09 Å². The average Bonchev–Trinajstić information content (AvgIpc) is 2.25. The molecule has 1 rings (SSSR count). The number of amides is 1. The number of carboxylic acid groups (broad SMARTS) is 1. The number of hydrogen-bond donors (Lipinski definition) is 2. The summed E-state index contributed by atoms with van der Waals surface area (Å²) in [6.45, 7) is 0.217. The van der Waals surface area contributed by atoms with Gasteiger partial charge in [-0.25, -0.2) is 9.59 Å². The van der Waals surface area contributed by atoms with E-state index in [1.165, 1.54) is 0 Å². The summed E-state index contributed by atoms with van der Waals surface area (Å²) in [5.74, 6) is 1.83. The van der Waals surface area contributed by atoms with Crippen molar-refractivity contribution in [1.29, 1.82) is 0 Å². The van der Waals surface area contributed by atoms with Crippen LogP contribution in [0.15, 0.2) is 30.3 Å². The van der Waals surface area contributed by atoms with Gasteiger partial charge in [-0.05, 0) is 5.56 Å². The summed E-state index contributed by atoms with van der Waals surface area (Å²) in [4.78, 5) is 20.8. The Kier molecular flexibility index (Phi) is 4.13. The second kappa shape index (κ2) is 5.62. The van der Waals surface area contributed by atoms with Crippen molar-refractivity contribution in [2.24, 2.45) is 0 Å². The molecule has 1 aromatic carbocycles. The molecule has 0 bridgehead atoms. The van der Waals surface area contributed by atoms with Crippen LogP contribution in [0.2, 0.25) is 0 Å². The molecule has 0 fully saturated rings. The van der Waals surface area contributed by atoms with Crippen molar-refractivity contribution >= 4 is 17.6 Å². The van der Waals surface area contributed by atoms with Crippen LogP contribution in [-0.2, 0) is 4.79 Å². The Morgan fingerprint density at radius 2 is 2.00 bits per heavy atom. The first kappa shape index (κ1) is 11.0. The minimum absolute atomic E-state index is 0.217. The lowest BCUT2D eigenvalue weighted by atomic mass is 10.0. The molecule has 0 aliphatic carbocycles. The SMILES string of the molecule is O=C=C(CCNC(=O)O)c1ccccc1. The Bertz CT molecular complexity index is 380. The summed E-state index contributed by atoms with van der Waals surface area (Å²) >= 11 is 0. The van der Waals surface area contributed by atoms with Crippen molar-refractivity contribution in [1.82, 2.24) is 5.32 Å². The molecular formula is C11H11NO3. The highest BCUT2D eigenvalue weighted by Gasteiger charge is 2.02. The van der Waals surface area contributed by atoms with Gasteiger partial charge in [0, 0.05) is 18.5 Å². The Morgan fingerprint density at radius 3 is 2.53 bits per heavy atom. The smallest absolute Gasteiger partial charge is 0.404 e. The zero-order valence-corrected chi connectivity index (χ0v) is 8.06. The molecule has 0 unspecified atom stereocenters. The van der Waals surface area contributed by atoms with E-state index in [0.29, 0.717) is 12.0 Å². The van der Waals surface area contributed by atoms with Crippen LogP contribution in [-0.4, -0.2) is 23.7 Å². The van der Waals surface area contributed by atoms with Crippen LogP contribution in [0.4, 0.5) is 4.79 Å². The molecule has 78 valence electrons. The van der Waals surface area contributed by atoms with Crippen molar-refractivity contribution in [3.63, 3.8) is 0 Å². The van der Waals surface area contributed by atoms with E-state index in [1.807, 2.05) is 24.1 Å². The number of hydrogen-bond acceptors (Lipinski definition) is 2. The second-order valence-electron chi connectivity index (χ2n) is 2.93. The van der Waals surface area contributed by atoms with E-state index in [-0.39, 0.29) is 6.54 Å². The van der Waals surface area contributed by atoms with Gasteiger partial charge < -0.3 is 10.4 Å². The molecule has 4 nitrogen and oxygen atoms in total. The van der Waals surface area contributed by atoms with Crippen molar-refractivity contribution in [3.05, 3.63) is 35.9 Å². The summed E-state index contributed by atoms with van der Waals surface area (Å²) in [6.07, 6.45) is -0.742. The van der Waals surface area contributed by atoms with Gasteiger partial charge in [-0.2, -0.15) is 0 Å². The van der Waals surface area contributed by atoms with Crippen LogP contribution in [0.3, 0.4) is 0 Å². The molecule has 1 amide bonds. The van der Waals surface area contributed by atoms with E-state index in [0.717, 1.165) is 5.56 Å². The molecule has 2 N–H and O–H groups in total. The first-order valence-corrected chi connectivity index (χ1v) is 4.50. The monoisotopic (exact) mass is 205 g/mol. The van der Waals surface area contributed by atoms with Crippen molar-refractivity contribution < 1.29 is 14.7 Å². The highest BCUT2D eigenvalue weighted by Crippen LogP contribution is 2.13. The van der Waals surface area contributed by atoms with Gasteiger partial charge in [0.05, 0.1) is 0 Å². The lowest BCUT2D eigenvalue weighted by Crippen LogP contribution is -2.22. The normalized spacial score (nSPS) is 9.07. The molecule has 4 heteroatoms. The zero-order chi connectivity index (χ0) is 11.1. The van der Waals surface area contributed by atoms with Crippen molar-refractivity contribution in [3.8, 4) is 0 Å². The fourth-order valence-corrected chi connectivity index (χ4v) is 1.19. The minimum Gasteiger partial charge on any atom is -0.465 e. The van der Waals surface area contributed by atoms with Gasteiger partial charge in [-0.1, -0.05) is 30.3 Å². The van der Waals surface area contributed by atoms with Crippen LogP contribution >= 0.6 is 0 Å². The first-order valence-electron chi connectivity index (χ1n) is 4.50. The topological polar surface area (TPSA) is 66.4 Å². The number of benzene rings is 1. The van der Waals surface area contributed by atoms with Crippen LogP contribution in [0, 0.1) is 0 Å². The molecule has 0 spiro atoms. The molecule has 15 heavy (non-hydrogen) atoms. The van der Waals surface area contributed by atoms with E-state index in [9.17, 15) is 9.59 Å². The zero-order valence-electron chi connectivity index (χ0n) is 8.06. The summed E-state index contributed by atoms with van der Waals surface area (Å²) in [7, 11) is 0. The second-order valence-corrected chi connectivity index (χ2v) is 2.93. The molecule has 0 heterocycles. The number of rotatable bonds is 4. The summed E-state index contributed by atoms with van der Waals surface area (Å²) in [5, 5.41) is 10.5. The number of carbonyl (C=O) groups is 1. The highest BCUT2D eigenvalue weighted by molar-refractivity contribution is 5.87. The van der Waals surface area contributed by atoms with Crippen molar-refractivity contribution in [2.75, 3.05) is 6.54 Å². The van der Waals surface area contributed by atoms with Crippen LogP contribution in [0.25, 0.3) is 5.57 Å². The number of nitrogens with one attached hydrogen (secondary N) is 1. The quantitative estimate of drug-likeness (QED) is 0.733. The fraction of sp³-hybridized carbons (Fsp3) is 0.182. The van der Waals surface area contributed by atoms with Gasteiger partial charge in [0.25, 0.3) is 0 Å². The summed E-state index contributed by atoms with van der Waals surface area (Å²) in [5.41, 5.74) is 1.25. The molecule has 1 aromatic rings. The van der Waals surface area contributed by atoms with Crippen LogP contribution in [0.5, 0.6) is 0 Å². The maximum Gasteiger partial charge on any atom is 0.404 e. The van der Waals surface area contributed by atoms with Gasteiger partial charge in [-0.3, -0.25) is 0 Å². The molecule has 0 saturated carbocycles. The van der Waals surface area contributed by atoms with Gasteiger partial charge in [0.1, 0.15) is 5.94 Å². The number of carbonyl (C=O) groups excluding carboxylic acids is 1. The van der Waals surface area contributed by atoms with E-state index in [4.69, 9.17) is 5.11 Å². The Labute approximate surface area is 87.2 Å². The highest BCUT2D eigenvalue weighted by atomic mass is 16.4. The lowest BCUT2D eigenvalue weighted by Gasteiger charge is -2.03. The molecule has 0 saturated heterocycles. The van der Waals surface area contributed by atoms with Crippen molar-refractivity contribution in [2.45, 2.75) is 6.42 Å². The van der Waals surface area contributed by atoms with Crippen LogP contribution in [0.1, 0.15) is 12.0 Å². The lowest BCUT2D eigenvalue weighted by molar-refractivity contribution is 0.195. The molecule has 0 aromatic heterocycles. The Morgan fingerprint density at radius 1 is 1.33 bits per heavy atom. The van der Waals surface area contributed by atoms with E-state index >= 15 is 0 Å². The molecule has 0 aliphatic heterocycles. The Balaban J connectivity index is 2.59. The van der Waals surface area contributed by atoms with E-state index in [1.54, 1.807) is 12.1 Å². The van der Waals surface area contributed by atoms with Gasteiger partial charge in [0.15, 0.2) is 0 Å². The standard InChI is InChI=1S/C11H11NO3/c13-8-10(6-7-12-11(14)15)9-4-2-1-3-5-9/h1-5,12H,6-7H2,(H,14,15). The predicted molar refractivity (Wildman–Crippen MR) is 56.2 cm³/mol. The molecule has 0 atom stereocenters. The maximum absolute atomic E-state index is 10.6. The fourth-order valence-electron chi connectivity index (χ4n) is 1.19. The minimum atomic E-state index is -1.09. The maximum atomic E-state index is 10.6. The summed E-state index contributed by atoms with van der Waals surface area (Å²) in [6, 6.07) is 9.07. The Hall–Kier alpha value is -2.06. The predicted octanol–water partition coefficient (Wildman–Crippen LogP) is 1.56. The molecule has 0 aliphatic rings. The van der Waals surface area contributed by atoms with E-state index < -0.39 is 6.09 Å².